The van der Waals surface area contributed by atoms with Gasteiger partial charge >= 0.3 is 0 Å². The van der Waals surface area contributed by atoms with Crippen LogP contribution in [0.4, 0.5) is 0 Å². The first-order chi connectivity index (χ1) is 22.7. The van der Waals surface area contributed by atoms with Crippen LogP contribution in [0.15, 0.2) is 121 Å². The summed E-state index contributed by atoms with van der Waals surface area (Å²) in [6, 6.07) is 40.4. The van der Waals surface area contributed by atoms with Crippen molar-refractivity contribution in [1.82, 2.24) is 4.90 Å². The fourth-order valence-corrected chi connectivity index (χ4v) is 6.76. The summed E-state index contributed by atoms with van der Waals surface area (Å²) < 4.78 is 26.9. The lowest BCUT2D eigenvalue weighted by atomic mass is 9.87. The highest BCUT2D eigenvalue weighted by Crippen LogP contribution is 2.52. The minimum absolute atomic E-state index is 0.240. The summed E-state index contributed by atoms with van der Waals surface area (Å²) in [7, 11) is 0. The predicted molar refractivity (Wildman–Crippen MR) is 179 cm³/mol. The predicted octanol–water partition coefficient (Wildman–Crippen LogP) is 7.16. The Bertz CT molecular complexity index is 1490. The molecule has 0 N–H and O–H groups in total. The Kier molecular flexibility index (Phi) is 11.1. The van der Waals surface area contributed by atoms with Gasteiger partial charge in [-0.05, 0) is 28.7 Å². The molecule has 0 spiro atoms. The number of benzene rings is 4. The van der Waals surface area contributed by atoms with E-state index in [2.05, 4.69) is 60.4 Å². The molecule has 2 aliphatic rings. The Morgan fingerprint density at radius 1 is 0.674 bits per heavy atom. The highest BCUT2D eigenvalue weighted by molar-refractivity contribution is 5.89. The zero-order valence-electron chi connectivity index (χ0n) is 26.7. The lowest BCUT2D eigenvalue weighted by molar-refractivity contribution is -0.191. The van der Waals surface area contributed by atoms with E-state index < -0.39 is 17.7 Å². The fourth-order valence-electron chi connectivity index (χ4n) is 6.76. The van der Waals surface area contributed by atoms with Gasteiger partial charge in [0.15, 0.2) is 5.78 Å². The molecule has 0 aliphatic carbocycles. The molecule has 6 heteroatoms. The van der Waals surface area contributed by atoms with Gasteiger partial charge in [0.1, 0.15) is 12.2 Å². The maximum Gasteiger partial charge on any atom is 0.152 e. The Labute approximate surface area is 273 Å². The Morgan fingerprint density at radius 2 is 1.15 bits per heavy atom. The minimum Gasteiger partial charge on any atom is -0.375 e. The molecule has 0 saturated carbocycles. The van der Waals surface area contributed by atoms with Crippen molar-refractivity contribution in [3.63, 3.8) is 0 Å². The van der Waals surface area contributed by atoms with E-state index >= 15 is 0 Å². The molecule has 6 nitrogen and oxygen atoms in total. The normalized spacial score (nSPS) is 25.1. The van der Waals surface area contributed by atoms with Gasteiger partial charge < -0.3 is 18.9 Å². The quantitative estimate of drug-likeness (QED) is 0.117. The number of ether oxygens (including phenoxy) is 4. The third-order valence-corrected chi connectivity index (χ3v) is 9.18. The first kappa shape index (κ1) is 32.3. The van der Waals surface area contributed by atoms with Crippen LogP contribution < -0.4 is 0 Å². The molecular formula is C40H45NO5. The average Bonchev–Trinajstić information content (AvgIpc) is 3.77. The zero-order valence-corrected chi connectivity index (χ0v) is 26.7. The van der Waals surface area contributed by atoms with Gasteiger partial charge in [0.25, 0.3) is 0 Å². The standard InChI is InChI=1S/C40H45NO5/c1-2-3-24-35(42)38-40(30-43-26-31-16-8-4-9-17-31)39(46-29-34-22-14-7-15-23-34)37(45-28-33-20-12-6-13-21-33)36(25-41(38)40)44-27-32-18-10-5-11-19-32/h4-23,36-39H,2-3,24-30H2,1H3/t36-,37+,38?,39-,40-,41?/m0/s1. The maximum absolute atomic E-state index is 13.9. The van der Waals surface area contributed by atoms with Crippen LogP contribution in [-0.4, -0.2) is 53.7 Å². The molecule has 0 radical (unpaired) electrons. The summed E-state index contributed by atoms with van der Waals surface area (Å²) in [5, 5.41) is 0. The Hall–Kier alpha value is -3.65. The summed E-state index contributed by atoms with van der Waals surface area (Å²) in [6.45, 7) is 4.76. The molecule has 2 fully saturated rings. The number of ketones is 1. The van der Waals surface area contributed by atoms with Crippen molar-refractivity contribution in [2.45, 2.75) is 82.5 Å². The minimum atomic E-state index is -0.650. The molecule has 0 bridgehead atoms. The van der Waals surface area contributed by atoms with E-state index in [4.69, 9.17) is 18.9 Å². The number of piperidine rings is 1. The molecule has 6 rings (SSSR count). The van der Waals surface area contributed by atoms with Gasteiger partial charge in [-0.2, -0.15) is 0 Å². The second-order valence-corrected chi connectivity index (χ2v) is 12.4. The van der Waals surface area contributed by atoms with Crippen molar-refractivity contribution in [2.75, 3.05) is 13.2 Å². The van der Waals surface area contributed by atoms with Crippen LogP contribution in [0.1, 0.15) is 48.4 Å². The van der Waals surface area contributed by atoms with Crippen molar-refractivity contribution >= 4 is 5.78 Å². The van der Waals surface area contributed by atoms with E-state index in [0.717, 1.165) is 35.1 Å². The molecule has 4 aromatic carbocycles. The maximum atomic E-state index is 13.9. The third kappa shape index (κ3) is 7.65. The van der Waals surface area contributed by atoms with Crippen LogP contribution >= 0.6 is 0 Å². The monoisotopic (exact) mass is 619 g/mol. The lowest BCUT2D eigenvalue weighted by Gasteiger charge is -2.42. The highest BCUT2D eigenvalue weighted by atomic mass is 16.6. The van der Waals surface area contributed by atoms with Gasteiger partial charge in [-0.3, -0.25) is 9.69 Å². The molecule has 2 heterocycles. The van der Waals surface area contributed by atoms with Gasteiger partial charge in [-0.1, -0.05) is 135 Å². The molecule has 0 amide bonds. The van der Waals surface area contributed by atoms with E-state index in [1.165, 1.54) is 0 Å². The van der Waals surface area contributed by atoms with E-state index in [9.17, 15) is 4.79 Å². The number of hydrogen-bond acceptors (Lipinski definition) is 6. The number of Topliss-reactive ketones (excluding diaryl/α,β-unsaturated/α-hetero) is 1. The summed E-state index contributed by atoms with van der Waals surface area (Å²) in [5.74, 6) is 0.240. The molecule has 2 unspecified atom stereocenters. The number of nitrogens with zero attached hydrogens (tertiary/aromatic N) is 1. The molecule has 2 saturated heterocycles. The first-order valence-corrected chi connectivity index (χ1v) is 16.6. The van der Waals surface area contributed by atoms with Crippen LogP contribution in [0.5, 0.6) is 0 Å². The molecule has 240 valence electrons. The molecule has 0 aromatic heterocycles. The first-order valence-electron chi connectivity index (χ1n) is 16.6. The van der Waals surface area contributed by atoms with Gasteiger partial charge in [0, 0.05) is 13.0 Å². The molecular weight excluding hydrogens is 574 g/mol. The largest absolute Gasteiger partial charge is 0.375 e. The number of unbranched alkanes of at least 4 members (excludes halogenated alkanes) is 1. The van der Waals surface area contributed by atoms with Crippen molar-refractivity contribution in [3.8, 4) is 0 Å². The number of fused-ring (bicyclic) bond motifs is 1. The Morgan fingerprint density at radius 3 is 1.67 bits per heavy atom. The van der Waals surface area contributed by atoms with Gasteiger partial charge in [-0.25, -0.2) is 0 Å². The van der Waals surface area contributed by atoms with Gasteiger partial charge in [0.05, 0.1) is 50.7 Å². The SMILES string of the molecule is CCCCC(=O)C1N2C[C@H](OCc3ccccc3)[C@@H](OCc3ccccc3)[C@H](OCc3ccccc3)[C@]12COCc1ccccc1. The van der Waals surface area contributed by atoms with Crippen LogP contribution in [0.25, 0.3) is 0 Å². The summed E-state index contributed by atoms with van der Waals surface area (Å²) in [4.78, 5) is 16.2. The van der Waals surface area contributed by atoms with Crippen molar-refractivity contribution in [2.24, 2.45) is 0 Å². The van der Waals surface area contributed by atoms with Crippen LogP contribution in [0, 0.1) is 0 Å². The highest BCUT2D eigenvalue weighted by Gasteiger charge is 2.75. The molecule has 46 heavy (non-hydrogen) atoms. The molecule has 6 atom stereocenters. The van der Waals surface area contributed by atoms with Crippen molar-refractivity contribution < 1.29 is 23.7 Å². The fraction of sp³-hybridized carbons (Fsp3) is 0.375. The number of hydrogen-bond donors (Lipinski definition) is 0. The number of rotatable bonds is 17. The number of carbonyl (C=O) groups is 1. The topological polar surface area (TPSA) is 57.0 Å². The van der Waals surface area contributed by atoms with E-state index in [1.807, 2.05) is 72.8 Å². The summed E-state index contributed by atoms with van der Waals surface area (Å²) in [5.41, 5.74) is 3.68. The van der Waals surface area contributed by atoms with E-state index in [0.29, 0.717) is 46.0 Å². The van der Waals surface area contributed by atoms with E-state index in [-0.39, 0.29) is 17.9 Å². The molecule has 2 aliphatic heterocycles. The average molecular weight is 620 g/mol. The third-order valence-electron chi connectivity index (χ3n) is 9.18. The van der Waals surface area contributed by atoms with Gasteiger partial charge in [0.2, 0.25) is 0 Å². The second kappa shape index (κ2) is 15.8. The van der Waals surface area contributed by atoms with Crippen molar-refractivity contribution in [3.05, 3.63) is 144 Å². The van der Waals surface area contributed by atoms with Crippen LogP contribution in [-0.2, 0) is 50.2 Å². The van der Waals surface area contributed by atoms with E-state index in [1.54, 1.807) is 0 Å². The summed E-state index contributed by atoms with van der Waals surface area (Å²) in [6.07, 6.45) is 1.17. The number of carbonyl (C=O) groups excluding carboxylic acids is 1. The second-order valence-electron chi connectivity index (χ2n) is 12.4. The van der Waals surface area contributed by atoms with Crippen molar-refractivity contribution in [1.29, 1.82) is 0 Å². The van der Waals surface area contributed by atoms with Crippen LogP contribution in [0.3, 0.4) is 0 Å². The molecule has 4 aromatic rings. The summed E-state index contributed by atoms with van der Waals surface area (Å²) >= 11 is 0. The van der Waals surface area contributed by atoms with Crippen LogP contribution in [0.2, 0.25) is 0 Å². The lowest BCUT2D eigenvalue weighted by Crippen LogP contribution is -2.60. The smallest absolute Gasteiger partial charge is 0.152 e. The Balaban J connectivity index is 1.33. The zero-order chi connectivity index (χ0) is 31.6. The van der Waals surface area contributed by atoms with Gasteiger partial charge in [-0.15, -0.1) is 0 Å².